The average molecular weight is 189 g/mol. The fraction of sp³-hybridized carbons (Fsp3) is 0.667. The van der Waals surface area contributed by atoms with Crippen molar-refractivity contribution in [3.8, 4) is 0 Å². The number of imidazole rings is 1. The summed E-state index contributed by atoms with van der Waals surface area (Å²) in [6, 6.07) is 0. The Bertz CT molecular complexity index is 211. The van der Waals surface area contributed by atoms with Gasteiger partial charge < -0.3 is 12.4 Å². The van der Waals surface area contributed by atoms with E-state index >= 15 is 0 Å². The summed E-state index contributed by atoms with van der Waals surface area (Å²) < 4.78 is 4.40. The van der Waals surface area contributed by atoms with E-state index in [1.54, 1.807) is 0 Å². The van der Waals surface area contributed by atoms with E-state index in [1.165, 1.54) is 18.5 Å². The molecule has 1 aromatic rings. The number of hydrogen-bond acceptors (Lipinski definition) is 0. The van der Waals surface area contributed by atoms with Crippen LogP contribution in [0.15, 0.2) is 12.5 Å². The van der Waals surface area contributed by atoms with Crippen molar-refractivity contribution in [1.82, 2.24) is 4.57 Å². The van der Waals surface area contributed by atoms with Gasteiger partial charge in [0, 0.05) is 6.92 Å². The predicted octanol–water partition coefficient (Wildman–Crippen LogP) is -1.57. The Morgan fingerprint density at radius 2 is 2.17 bits per heavy atom. The lowest BCUT2D eigenvalue weighted by Gasteiger charge is -1.90. The number of nitrogens with zero attached hydrogens (tertiary/aromatic N) is 2. The maximum Gasteiger partial charge on any atom is 0.243 e. The molecule has 1 aromatic heterocycles. The monoisotopic (exact) mass is 188 g/mol. The van der Waals surface area contributed by atoms with Crippen LogP contribution in [-0.2, 0) is 13.6 Å². The van der Waals surface area contributed by atoms with Crippen LogP contribution in [0.1, 0.15) is 25.5 Å². The van der Waals surface area contributed by atoms with Crippen molar-refractivity contribution in [3.05, 3.63) is 18.2 Å². The molecule has 0 aliphatic rings. The van der Waals surface area contributed by atoms with Gasteiger partial charge in [-0.25, -0.2) is 9.13 Å². The summed E-state index contributed by atoms with van der Waals surface area (Å²) in [5.41, 5.74) is 1.32. The Morgan fingerprint density at radius 3 is 2.58 bits per heavy atom. The van der Waals surface area contributed by atoms with Gasteiger partial charge in [-0.15, -0.1) is 0 Å². The molecule has 0 aliphatic heterocycles. The standard InChI is InChI=1S/C9H17N2.ClH/c1-4-5-6-11-7-9(2)10(3)8-11;/h7-8H,4-6H2,1-3H3;1H/q+1;/p-1. The molecule has 0 spiro atoms. The number of aromatic nitrogens is 2. The summed E-state index contributed by atoms with van der Waals surface area (Å²) in [4.78, 5) is 0. The van der Waals surface area contributed by atoms with Gasteiger partial charge in [0.1, 0.15) is 11.9 Å². The maximum atomic E-state index is 2.25. The number of aryl methyl sites for hydroxylation is 3. The Morgan fingerprint density at radius 1 is 1.50 bits per heavy atom. The topological polar surface area (TPSA) is 8.81 Å². The molecule has 3 heteroatoms. The van der Waals surface area contributed by atoms with E-state index in [-0.39, 0.29) is 12.4 Å². The summed E-state index contributed by atoms with van der Waals surface area (Å²) in [6.07, 6.45) is 6.87. The van der Waals surface area contributed by atoms with Crippen LogP contribution < -0.4 is 17.0 Å². The molecule has 1 heterocycles. The van der Waals surface area contributed by atoms with Gasteiger partial charge >= 0.3 is 0 Å². The second-order valence-electron chi connectivity index (χ2n) is 3.09. The van der Waals surface area contributed by atoms with E-state index in [0.29, 0.717) is 0 Å². The third-order valence-electron chi connectivity index (χ3n) is 2.00. The van der Waals surface area contributed by atoms with Gasteiger partial charge in [0.15, 0.2) is 0 Å². The summed E-state index contributed by atoms with van der Waals surface area (Å²) in [6.45, 7) is 5.50. The molecule has 0 aliphatic carbocycles. The van der Waals surface area contributed by atoms with Gasteiger partial charge in [0.2, 0.25) is 6.33 Å². The third-order valence-corrected chi connectivity index (χ3v) is 2.00. The molecule has 0 fully saturated rings. The first-order chi connectivity index (χ1) is 5.24. The molecule has 0 bridgehead atoms. The molecule has 1 rings (SSSR count). The SMILES string of the molecule is CCCC[n+]1cc(C)n(C)c1.[Cl-]. The highest BCUT2D eigenvalue weighted by atomic mass is 35.5. The van der Waals surface area contributed by atoms with Crippen LogP contribution in [0.25, 0.3) is 0 Å². The van der Waals surface area contributed by atoms with Crippen molar-refractivity contribution in [2.24, 2.45) is 7.05 Å². The van der Waals surface area contributed by atoms with E-state index in [4.69, 9.17) is 0 Å². The van der Waals surface area contributed by atoms with Crippen LogP contribution in [-0.4, -0.2) is 4.57 Å². The Kier molecular flexibility index (Phi) is 4.98. The number of unbranched alkanes of at least 4 members (excludes halogenated alkanes) is 1. The third kappa shape index (κ3) is 2.86. The molecule has 0 saturated heterocycles. The van der Waals surface area contributed by atoms with E-state index in [1.807, 2.05) is 0 Å². The highest BCUT2D eigenvalue weighted by Gasteiger charge is 2.03. The van der Waals surface area contributed by atoms with Crippen LogP contribution in [0, 0.1) is 6.92 Å². The first kappa shape index (κ1) is 11.5. The van der Waals surface area contributed by atoms with E-state index in [0.717, 1.165) is 6.54 Å². The van der Waals surface area contributed by atoms with Gasteiger partial charge in [-0.3, -0.25) is 0 Å². The molecular weight excluding hydrogens is 172 g/mol. The zero-order chi connectivity index (χ0) is 8.27. The van der Waals surface area contributed by atoms with Crippen molar-refractivity contribution >= 4 is 0 Å². The first-order valence-corrected chi connectivity index (χ1v) is 4.26. The molecule has 0 aromatic carbocycles. The minimum atomic E-state index is 0. The highest BCUT2D eigenvalue weighted by molar-refractivity contribution is 4.86. The molecule has 0 amide bonds. The minimum absolute atomic E-state index is 0. The van der Waals surface area contributed by atoms with E-state index < -0.39 is 0 Å². The smallest absolute Gasteiger partial charge is 0.243 e. The fourth-order valence-electron chi connectivity index (χ4n) is 1.14. The number of hydrogen-bond donors (Lipinski definition) is 0. The van der Waals surface area contributed by atoms with Gasteiger partial charge in [-0.2, -0.15) is 0 Å². The Labute approximate surface area is 80.6 Å². The second kappa shape index (κ2) is 5.20. The fourth-order valence-corrected chi connectivity index (χ4v) is 1.14. The van der Waals surface area contributed by atoms with E-state index in [2.05, 4.69) is 42.6 Å². The van der Waals surface area contributed by atoms with Crippen molar-refractivity contribution in [2.75, 3.05) is 0 Å². The Hall–Kier alpha value is -0.500. The van der Waals surface area contributed by atoms with Crippen molar-refractivity contribution in [2.45, 2.75) is 33.2 Å². The summed E-state index contributed by atoms with van der Waals surface area (Å²) in [5.74, 6) is 0. The zero-order valence-electron chi connectivity index (χ0n) is 8.05. The normalized spacial score (nSPS) is 9.58. The summed E-state index contributed by atoms with van der Waals surface area (Å²) >= 11 is 0. The molecule has 0 N–H and O–H groups in total. The number of halogens is 1. The predicted molar refractivity (Wildman–Crippen MR) is 45.3 cm³/mol. The quantitative estimate of drug-likeness (QED) is 0.507. The van der Waals surface area contributed by atoms with Crippen LogP contribution in [0.5, 0.6) is 0 Å². The molecule has 0 radical (unpaired) electrons. The van der Waals surface area contributed by atoms with Gasteiger partial charge in [0.05, 0.1) is 13.6 Å². The summed E-state index contributed by atoms with van der Waals surface area (Å²) in [5, 5.41) is 0. The minimum Gasteiger partial charge on any atom is -1.00 e. The lowest BCUT2D eigenvalue weighted by molar-refractivity contribution is -0.696. The number of rotatable bonds is 3. The molecule has 2 nitrogen and oxygen atoms in total. The van der Waals surface area contributed by atoms with Crippen molar-refractivity contribution in [1.29, 1.82) is 0 Å². The molecule has 70 valence electrons. The largest absolute Gasteiger partial charge is 1.00 e. The molecule has 12 heavy (non-hydrogen) atoms. The Balaban J connectivity index is 0.00000121. The van der Waals surface area contributed by atoms with Crippen LogP contribution in [0.2, 0.25) is 0 Å². The first-order valence-electron chi connectivity index (χ1n) is 4.26. The van der Waals surface area contributed by atoms with Crippen LogP contribution >= 0.6 is 0 Å². The zero-order valence-corrected chi connectivity index (χ0v) is 8.80. The lowest BCUT2D eigenvalue weighted by atomic mass is 10.3. The second-order valence-corrected chi connectivity index (χ2v) is 3.09. The lowest BCUT2D eigenvalue weighted by Crippen LogP contribution is -3.00. The van der Waals surface area contributed by atoms with Gasteiger partial charge in [-0.05, 0) is 6.42 Å². The van der Waals surface area contributed by atoms with Crippen molar-refractivity contribution < 1.29 is 17.0 Å². The van der Waals surface area contributed by atoms with Crippen LogP contribution in [0.3, 0.4) is 0 Å². The van der Waals surface area contributed by atoms with Crippen molar-refractivity contribution in [3.63, 3.8) is 0 Å². The van der Waals surface area contributed by atoms with Gasteiger partial charge in [0.25, 0.3) is 0 Å². The van der Waals surface area contributed by atoms with Gasteiger partial charge in [-0.1, -0.05) is 13.3 Å². The molecule has 0 unspecified atom stereocenters. The molecule has 0 saturated carbocycles. The molecule has 0 atom stereocenters. The van der Waals surface area contributed by atoms with E-state index in [9.17, 15) is 0 Å². The summed E-state index contributed by atoms with van der Waals surface area (Å²) in [7, 11) is 2.08. The highest BCUT2D eigenvalue weighted by Crippen LogP contribution is 1.92. The maximum absolute atomic E-state index is 2.25. The average Bonchev–Trinajstić information content (AvgIpc) is 2.28. The van der Waals surface area contributed by atoms with Crippen LogP contribution in [0.4, 0.5) is 0 Å². The molecular formula is C9H17ClN2.